The Hall–Kier alpha value is -2.87. The number of carbonyl (C=O) groups excluding carboxylic acids is 1. The third kappa shape index (κ3) is 4.11. The zero-order valence-electron chi connectivity index (χ0n) is 18.4. The van der Waals surface area contributed by atoms with Gasteiger partial charge in [-0.2, -0.15) is 0 Å². The van der Waals surface area contributed by atoms with Gasteiger partial charge in [-0.15, -0.1) is 0 Å². The molecule has 2 atom stereocenters. The van der Waals surface area contributed by atoms with Crippen molar-refractivity contribution in [1.82, 2.24) is 20.2 Å². The van der Waals surface area contributed by atoms with E-state index in [0.717, 1.165) is 45.2 Å². The number of nitrogens with zero attached hydrogens (tertiary/aromatic N) is 2. The summed E-state index contributed by atoms with van der Waals surface area (Å²) in [7, 11) is 0. The zero-order chi connectivity index (χ0) is 23.0. The van der Waals surface area contributed by atoms with Gasteiger partial charge in [0.25, 0.3) is 0 Å². The molecule has 1 fully saturated rings. The van der Waals surface area contributed by atoms with Crippen LogP contribution in [0.15, 0.2) is 47.1 Å². The van der Waals surface area contributed by atoms with Crippen molar-refractivity contribution in [2.24, 2.45) is 5.92 Å². The highest BCUT2D eigenvalue weighted by Crippen LogP contribution is 2.35. The van der Waals surface area contributed by atoms with E-state index in [2.05, 4.69) is 61.5 Å². The molecule has 4 rings (SSSR count). The van der Waals surface area contributed by atoms with E-state index in [1.165, 1.54) is 0 Å². The number of hydrogen-bond acceptors (Lipinski definition) is 3. The number of carbonyl (C=O) groups is 2. The fourth-order valence-corrected chi connectivity index (χ4v) is 4.67. The second-order valence-corrected chi connectivity index (χ2v) is 9.75. The van der Waals surface area contributed by atoms with Gasteiger partial charge in [-0.3, -0.25) is 4.79 Å². The summed E-state index contributed by atoms with van der Waals surface area (Å²) >= 11 is 3.50. The SMILES string of the molecule is CC(C)C(C)(NC(=O)O)C(=O)N1CCCC1c1ncc(-c2ccc3cc(Br)ccc3c2)[nH]1. The monoisotopic (exact) mass is 498 g/mol. The number of imidazole rings is 1. The summed E-state index contributed by atoms with van der Waals surface area (Å²) in [5.74, 6) is 0.312. The number of rotatable bonds is 5. The van der Waals surface area contributed by atoms with Crippen molar-refractivity contribution < 1.29 is 14.7 Å². The summed E-state index contributed by atoms with van der Waals surface area (Å²) in [6.07, 6.45) is 2.23. The lowest BCUT2D eigenvalue weighted by Crippen LogP contribution is -2.60. The number of aromatic amines is 1. The van der Waals surface area contributed by atoms with Crippen LogP contribution in [0.5, 0.6) is 0 Å². The number of nitrogens with one attached hydrogen (secondary N) is 2. The lowest BCUT2D eigenvalue weighted by molar-refractivity contribution is -0.140. The molecule has 0 aliphatic carbocycles. The highest BCUT2D eigenvalue weighted by molar-refractivity contribution is 9.10. The summed E-state index contributed by atoms with van der Waals surface area (Å²) in [6, 6.07) is 12.2. The maximum absolute atomic E-state index is 13.4. The highest BCUT2D eigenvalue weighted by Gasteiger charge is 2.45. The van der Waals surface area contributed by atoms with E-state index in [1.54, 1.807) is 18.0 Å². The van der Waals surface area contributed by atoms with Crippen molar-refractivity contribution in [3.8, 4) is 11.3 Å². The summed E-state index contributed by atoms with van der Waals surface area (Å²) in [4.78, 5) is 34.6. The van der Waals surface area contributed by atoms with Gasteiger partial charge in [-0.05, 0) is 54.7 Å². The van der Waals surface area contributed by atoms with Crippen molar-refractivity contribution in [2.45, 2.75) is 45.2 Å². The van der Waals surface area contributed by atoms with Crippen molar-refractivity contribution in [2.75, 3.05) is 6.54 Å². The number of fused-ring (bicyclic) bond motifs is 1. The first kappa shape index (κ1) is 22.3. The molecule has 1 saturated heterocycles. The van der Waals surface area contributed by atoms with Gasteiger partial charge in [0.15, 0.2) is 0 Å². The van der Waals surface area contributed by atoms with E-state index in [4.69, 9.17) is 0 Å². The minimum Gasteiger partial charge on any atom is -0.465 e. The predicted molar refractivity (Wildman–Crippen MR) is 127 cm³/mol. The molecule has 0 bridgehead atoms. The quantitative estimate of drug-likeness (QED) is 0.442. The highest BCUT2D eigenvalue weighted by atomic mass is 79.9. The Labute approximate surface area is 195 Å². The first-order chi connectivity index (χ1) is 15.2. The van der Waals surface area contributed by atoms with E-state index >= 15 is 0 Å². The van der Waals surface area contributed by atoms with Crippen LogP contribution in [0.2, 0.25) is 0 Å². The molecule has 1 aliphatic heterocycles. The lowest BCUT2D eigenvalue weighted by Gasteiger charge is -2.37. The van der Waals surface area contributed by atoms with Crippen molar-refractivity contribution in [3.05, 3.63) is 52.9 Å². The zero-order valence-corrected chi connectivity index (χ0v) is 19.9. The van der Waals surface area contributed by atoms with E-state index in [-0.39, 0.29) is 17.9 Å². The van der Waals surface area contributed by atoms with Crippen LogP contribution in [-0.2, 0) is 4.79 Å². The molecule has 0 spiro atoms. The predicted octanol–water partition coefficient (Wildman–Crippen LogP) is 5.34. The standard InChI is InChI=1S/C24H27BrN4O3/c1-14(2)24(3,28-23(31)32)22(30)29-10-4-5-20(29)21-26-13-19(27-21)17-7-6-16-12-18(25)9-8-15(16)11-17/h6-9,11-14,20,28H,4-5,10H2,1-3H3,(H,26,27)(H,31,32). The molecule has 168 valence electrons. The molecule has 2 amide bonds. The minimum atomic E-state index is -1.20. The van der Waals surface area contributed by atoms with Gasteiger partial charge in [0.05, 0.1) is 17.9 Å². The van der Waals surface area contributed by atoms with Crippen LogP contribution in [0.1, 0.15) is 45.5 Å². The van der Waals surface area contributed by atoms with Crippen LogP contribution >= 0.6 is 15.9 Å². The maximum Gasteiger partial charge on any atom is 0.405 e. The van der Waals surface area contributed by atoms with Crippen LogP contribution in [0.4, 0.5) is 4.79 Å². The summed E-state index contributed by atoms with van der Waals surface area (Å²) in [5.41, 5.74) is 0.713. The Kier molecular flexibility index (Phi) is 5.99. The first-order valence-corrected chi connectivity index (χ1v) is 11.5. The number of hydrogen-bond donors (Lipinski definition) is 3. The number of aromatic nitrogens is 2. The van der Waals surface area contributed by atoms with E-state index in [9.17, 15) is 14.7 Å². The summed E-state index contributed by atoms with van der Waals surface area (Å²) in [6.45, 7) is 5.93. The Balaban J connectivity index is 1.61. The number of halogens is 1. The molecule has 0 radical (unpaired) electrons. The Morgan fingerprint density at radius 1 is 1.25 bits per heavy atom. The van der Waals surface area contributed by atoms with E-state index in [0.29, 0.717) is 6.54 Å². The van der Waals surface area contributed by atoms with Gasteiger partial charge in [0, 0.05) is 16.6 Å². The summed E-state index contributed by atoms with van der Waals surface area (Å²) in [5, 5.41) is 14.0. The van der Waals surface area contributed by atoms with E-state index < -0.39 is 11.6 Å². The molecule has 1 aromatic heterocycles. The lowest BCUT2D eigenvalue weighted by atomic mass is 9.86. The summed E-state index contributed by atoms with van der Waals surface area (Å²) < 4.78 is 1.04. The van der Waals surface area contributed by atoms with Crippen molar-refractivity contribution in [1.29, 1.82) is 0 Å². The normalized spacial score (nSPS) is 18.2. The fraction of sp³-hybridized carbons (Fsp3) is 0.375. The Bertz CT molecular complexity index is 1180. The minimum absolute atomic E-state index is 0.197. The topological polar surface area (TPSA) is 98.3 Å². The molecule has 3 N–H and O–H groups in total. The molecule has 7 nitrogen and oxygen atoms in total. The van der Waals surface area contributed by atoms with Crippen LogP contribution < -0.4 is 5.32 Å². The molecule has 8 heteroatoms. The number of H-pyrrole nitrogens is 1. The smallest absolute Gasteiger partial charge is 0.405 e. The largest absolute Gasteiger partial charge is 0.465 e. The number of benzene rings is 2. The maximum atomic E-state index is 13.4. The van der Waals surface area contributed by atoms with Gasteiger partial charge in [0.2, 0.25) is 5.91 Å². The molecule has 0 saturated carbocycles. The third-order valence-corrected chi connectivity index (χ3v) is 7.00. The average molecular weight is 499 g/mol. The van der Waals surface area contributed by atoms with Gasteiger partial charge in [-0.1, -0.05) is 48.0 Å². The first-order valence-electron chi connectivity index (χ1n) is 10.8. The number of likely N-dealkylation sites (tertiary alicyclic amines) is 1. The molecular formula is C24H27BrN4O3. The Morgan fingerprint density at radius 2 is 1.97 bits per heavy atom. The van der Waals surface area contributed by atoms with Crippen molar-refractivity contribution in [3.63, 3.8) is 0 Å². The van der Waals surface area contributed by atoms with Crippen LogP contribution in [-0.4, -0.2) is 44.1 Å². The van der Waals surface area contributed by atoms with Crippen LogP contribution in [0.3, 0.4) is 0 Å². The van der Waals surface area contributed by atoms with Crippen LogP contribution in [0, 0.1) is 5.92 Å². The van der Waals surface area contributed by atoms with E-state index in [1.807, 2.05) is 19.9 Å². The molecule has 1 aliphatic rings. The molecule has 2 unspecified atom stereocenters. The molecule has 2 aromatic carbocycles. The molecular weight excluding hydrogens is 472 g/mol. The fourth-order valence-electron chi connectivity index (χ4n) is 4.30. The van der Waals surface area contributed by atoms with Crippen molar-refractivity contribution >= 4 is 38.7 Å². The van der Waals surface area contributed by atoms with Gasteiger partial charge < -0.3 is 20.3 Å². The van der Waals surface area contributed by atoms with Gasteiger partial charge in [0.1, 0.15) is 11.4 Å². The average Bonchev–Trinajstić information content (AvgIpc) is 3.41. The second kappa shape index (κ2) is 8.58. The van der Waals surface area contributed by atoms with Gasteiger partial charge >= 0.3 is 6.09 Å². The third-order valence-electron chi connectivity index (χ3n) is 6.50. The Morgan fingerprint density at radius 3 is 2.69 bits per heavy atom. The molecule has 2 heterocycles. The van der Waals surface area contributed by atoms with Gasteiger partial charge in [-0.25, -0.2) is 9.78 Å². The second-order valence-electron chi connectivity index (χ2n) is 8.83. The number of amides is 2. The number of carboxylic acid groups (broad SMARTS) is 1. The van der Waals surface area contributed by atoms with Crippen LogP contribution in [0.25, 0.3) is 22.0 Å². The molecule has 3 aromatic rings. The molecule has 32 heavy (non-hydrogen) atoms.